The van der Waals surface area contributed by atoms with Crippen LogP contribution in [0.25, 0.3) is 0 Å². The minimum absolute atomic E-state index is 0.0251. The first-order valence-corrected chi connectivity index (χ1v) is 5.91. The molecular formula is C13H18N2O2. The van der Waals surface area contributed by atoms with Crippen molar-refractivity contribution in [2.45, 2.75) is 32.2 Å². The predicted octanol–water partition coefficient (Wildman–Crippen LogP) is 1.28. The van der Waals surface area contributed by atoms with E-state index < -0.39 is 5.54 Å². The van der Waals surface area contributed by atoms with Gasteiger partial charge in [0, 0.05) is 11.9 Å². The average molecular weight is 234 g/mol. The number of nitrogens with one attached hydrogen (secondary N) is 1. The van der Waals surface area contributed by atoms with E-state index in [1.165, 1.54) is 0 Å². The van der Waals surface area contributed by atoms with Crippen molar-refractivity contribution in [1.82, 2.24) is 10.3 Å². The quantitative estimate of drug-likeness (QED) is 0.825. The minimum Gasteiger partial charge on any atom is -0.394 e. The van der Waals surface area contributed by atoms with Crippen molar-refractivity contribution in [1.29, 1.82) is 0 Å². The molecule has 0 aromatic carbocycles. The molecule has 0 saturated heterocycles. The Labute approximate surface area is 101 Å². The largest absolute Gasteiger partial charge is 0.394 e. The second-order valence-electron chi connectivity index (χ2n) is 4.99. The third-order valence-electron chi connectivity index (χ3n) is 3.38. The van der Waals surface area contributed by atoms with Gasteiger partial charge in [0.15, 0.2) is 0 Å². The standard InChI is InChI=1S/C13H18N2O2/c1-9-3-4-10(7-14-9)12(17)15-13(2,8-16)11-5-6-11/h3-4,7,11,16H,5-6,8H2,1-2H3,(H,15,17). The van der Waals surface area contributed by atoms with Gasteiger partial charge in [0.1, 0.15) is 0 Å². The van der Waals surface area contributed by atoms with Crippen molar-refractivity contribution >= 4 is 5.91 Å². The number of carbonyl (C=O) groups excluding carboxylic acids is 1. The number of aliphatic hydroxyl groups is 1. The Morgan fingerprint density at radius 1 is 1.59 bits per heavy atom. The number of pyridine rings is 1. The Balaban J connectivity index is 2.07. The van der Waals surface area contributed by atoms with Crippen LogP contribution in [0.4, 0.5) is 0 Å². The molecule has 4 nitrogen and oxygen atoms in total. The lowest BCUT2D eigenvalue weighted by Gasteiger charge is -2.28. The van der Waals surface area contributed by atoms with E-state index >= 15 is 0 Å². The highest BCUT2D eigenvalue weighted by molar-refractivity contribution is 5.94. The molecular weight excluding hydrogens is 216 g/mol. The van der Waals surface area contributed by atoms with Crippen molar-refractivity contribution in [2.24, 2.45) is 5.92 Å². The van der Waals surface area contributed by atoms with Crippen LogP contribution in [0.1, 0.15) is 35.8 Å². The summed E-state index contributed by atoms with van der Waals surface area (Å²) in [5.74, 6) is 0.232. The number of nitrogens with zero attached hydrogens (tertiary/aromatic N) is 1. The van der Waals surface area contributed by atoms with E-state index in [9.17, 15) is 9.90 Å². The van der Waals surface area contributed by atoms with E-state index in [1.54, 1.807) is 12.3 Å². The Kier molecular flexibility index (Phi) is 3.15. The zero-order valence-corrected chi connectivity index (χ0v) is 10.2. The summed E-state index contributed by atoms with van der Waals surface area (Å²) >= 11 is 0. The van der Waals surface area contributed by atoms with Gasteiger partial charge in [-0.3, -0.25) is 9.78 Å². The van der Waals surface area contributed by atoms with Gasteiger partial charge in [-0.05, 0) is 44.7 Å². The highest BCUT2D eigenvalue weighted by Gasteiger charge is 2.42. The molecule has 1 saturated carbocycles. The monoisotopic (exact) mass is 234 g/mol. The van der Waals surface area contributed by atoms with Gasteiger partial charge >= 0.3 is 0 Å². The molecule has 1 amide bonds. The molecule has 0 radical (unpaired) electrons. The fraction of sp³-hybridized carbons (Fsp3) is 0.538. The summed E-state index contributed by atoms with van der Waals surface area (Å²) < 4.78 is 0. The van der Waals surface area contributed by atoms with Gasteiger partial charge in [-0.1, -0.05) is 0 Å². The lowest BCUT2D eigenvalue weighted by atomic mass is 9.96. The van der Waals surface area contributed by atoms with Crippen LogP contribution >= 0.6 is 0 Å². The molecule has 2 rings (SSSR count). The fourth-order valence-corrected chi connectivity index (χ4v) is 1.92. The summed E-state index contributed by atoms with van der Waals surface area (Å²) in [4.78, 5) is 16.1. The van der Waals surface area contributed by atoms with Crippen molar-refractivity contribution in [3.8, 4) is 0 Å². The first kappa shape index (κ1) is 12.0. The number of amides is 1. The zero-order chi connectivity index (χ0) is 12.5. The summed E-state index contributed by atoms with van der Waals surface area (Å²) in [5, 5.41) is 12.3. The molecule has 2 N–H and O–H groups in total. The van der Waals surface area contributed by atoms with Gasteiger partial charge in [0.25, 0.3) is 5.91 Å². The van der Waals surface area contributed by atoms with Crippen LogP contribution in [0, 0.1) is 12.8 Å². The smallest absolute Gasteiger partial charge is 0.253 e. The Morgan fingerprint density at radius 3 is 2.76 bits per heavy atom. The lowest BCUT2D eigenvalue weighted by Crippen LogP contribution is -2.50. The number of aromatic nitrogens is 1. The summed E-state index contributed by atoms with van der Waals surface area (Å²) in [5.41, 5.74) is 0.923. The number of rotatable bonds is 4. The van der Waals surface area contributed by atoms with E-state index in [0.29, 0.717) is 11.5 Å². The average Bonchev–Trinajstić information content (AvgIpc) is 3.13. The molecule has 0 spiro atoms. The third kappa shape index (κ3) is 2.64. The molecule has 4 heteroatoms. The van der Waals surface area contributed by atoms with E-state index in [2.05, 4.69) is 10.3 Å². The van der Waals surface area contributed by atoms with Gasteiger partial charge < -0.3 is 10.4 Å². The molecule has 17 heavy (non-hydrogen) atoms. The van der Waals surface area contributed by atoms with Crippen LogP contribution in [0.5, 0.6) is 0 Å². The Hall–Kier alpha value is -1.42. The maximum atomic E-state index is 12.0. The van der Waals surface area contributed by atoms with E-state index in [-0.39, 0.29) is 12.5 Å². The Bertz CT molecular complexity index is 412. The van der Waals surface area contributed by atoms with Crippen molar-refractivity contribution < 1.29 is 9.90 Å². The van der Waals surface area contributed by atoms with E-state index in [4.69, 9.17) is 0 Å². The molecule has 1 aromatic heterocycles. The molecule has 1 unspecified atom stereocenters. The number of hydrogen-bond acceptors (Lipinski definition) is 3. The van der Waals surface area contributed by atoms with E-state index in [1.807, 2.05) is 19.9 Å². The number of carbonyl (C=O) groups is 1. The molecule has 1 fully saturated rings. The van der Waals surface area contributed by atoms with Crippen LogP contribution in [0.15, 0.2) is 18.3 Å². The highest BCUT2D eigenvalue weighted by Crippen LogP contribution is 2.39. The second-order valence-corrected chi connectivity index (χ2v) is 4.99. The maximum absolute atomic E-state index is 12.0. The van der Waals surface area contributed by atoms with Crippen LogP contribution < -0.4 is 5.32 Å². The van der Waals surface area contributed by atoms with Crippen LogP contribution in [-0.4, -0.2) is 28.1 Å². The molecule has 1 aliphatic carbocycles. The SMILES string of the molecule is Cc1ccc(C(=O)NC(C)(CO)C2CC2)cn1. The highest BCUT2D eigenvalue weighted by atomic mass is 16.3. The molecule has 92 valence electrons. The van der Waals surface area contributed by atoms with Gasteiger partial charge in [-0.25, -0.2) is 0 Å². The summed E-state index contributed by atoms with van der Waals surface area (Å²) in [6.07, 6.45) is 3.71. The predicted molar refractivity (Wildman–Crippen MR) is 64.7 cm³/mol. The first-order chi connectivity index (χ1) is 8.05. The van der Waals surface area contributed by atoms with Crippen molar-refractivity contribution in [3.05, 3.63) is 29.6 Å². The molecule has 1 aliphatic rings. The van der Waals surface area contributed by atoms with Gasteiger partial charge in [-0.15, -0.1) is 0 Å². The lowest BCUT2D eigenvalue weighted by molar-refractivity contribution is 0.0824. The second kappa shape index (κ2) is 4.45. The number of hydrogen-bond donors (Lipinski definition) is 2. The number of aryl methyl sites for hydroxylation is 1. The molecule has 1 aromatic rings. The first-order valence-electron chi connectivity index (χ1n) is 5.91. The molecule has 0 bridgehead atoms. The minimum atomic E-state index is -0.498. The summed E-state index contributed by atoms with van der Waals surface area (Å²) in [6.45, 7) is 3.75. The molecule has 0 aliphatic heterocycles. The van der Waals surface area contributed by atoms with Crippen LogP contribution in [0.3, 0.4) is 0 Å². The third-order valence-corrected chi connectivity index (χ3v) is 3.38. The van der Waals surface area contributed by atoms with Crippen LogP contribution in [-0.2, 0) is 0 Å². The Morgan fingerprint density at radius 2 is 2.29 bits per heavy atom. The maximum Gasteiger partial charge on any atom is 0.253 e. The fourth-order valence-electron chi connectivity index (χ4n) is 1.92. The zero-order valence-electron chi connectivity index (χ0n) is 10.2. The van der Waals surface area contributed by atoms with Gasteiger partial charge in [0.05, 0.1) is 17.7 Å². The van der Waals surface area contributed by atoms with Crippen molar-refractivity contribution in [3.63, 3.8) is 0 Å². The molecule has 1 atom stereocenters. The van der Waals surface area contributed by atoms with Gasteiger partial charge in [0.2, 0.25) is 0 Å². The van der Waals surface area contributed by atoms with Crippen molar-refractivity contribution in [2.75, 3.05) is 6.61 Å². The topological polar surface area (TPSA) is 62.2 Å². The molecule has 1 heterocycles. The number of aliphatic hydroxyl groups excluding tert-OH is 1. The van der Waals surface area contributed by atoms with E-state index in [0.717, 1.165) is 18.5 Å². The summed E-state index contributed by atoms with van der Waals surface area (Å²) in [7, 11) is 0. The van der Waals surface area contributed by atoms with Crippen LogP contribution in [0.2, 0.25) is 0 Å². The summed E-state index contributed by atoms with van der Waals surface area (Å²) in [6, 6.07) is 3.56. The van der Waals surface area contributed by atoms with Gasteiger partial charge in [-0.2, -0.15) is 0 Å². The normalized spacial score (nSPS) is 18.5.